The zero-order valence-electron chi connectivity index (χ0n) is 54.1. The number of para-hydroxylation sites is 2. The van der Waals surface area contributed by atoms with Crippen molar-refractivity contribution in [3.63, 3.8) is 0 Å². The molecule has 468 valence electrons. The minimum absolute atomic E-state index is 0.474. The Hall–Kier alpha value is -12.5. The van der Waals surface area contributed by atoms with Crippen LogP contribution in [0.5, 0.6) is 0 Å². The molecule has 3 N–H and O–H groups in total. The van der Waals surface area contributed by atoms with Crippen molar-refractivity contribution in [1.82, 2.24) is 0 Å². The van der Waals surface area contributed by atoms with Gasteiger partial charge in [0, 0.05) is 44.2 Å². The number of benzene rings is 16. The Morgan fingerprint density at radius 3 is 1.05 bits per heavy atom. The number of rotatable bonds is 6. The zero-order chi connectivity index (χ0) is 66.0. The first kappa shape index (κ1) is 59.1. The van der Waals surface area contributed by atoms with Crippen LogP contribution in [0.25, 0.3) is 66.1 Å². The molecule has 4 aliphatic rings. The molecule has 0 aromatic heterocycles. The molecule has 2 heterocycles. The maximum absolute atomic E-state index is 6.79. The Labute approximate surface area is 582 Å². The molecule has 5 heteroatoms. The van der Waals surface area contributed by atoms with Crippen LogP contribution in [0.1, 0.15) is 44.5 Å². The van der Waals surface area contributed by atoms with Crippen molar-refractivity contribution in [2.75, 3.05) is 20.9 Å². The van der Waals surface area contributed by atoms with Gasteiger partial charge in [0.15, 0.2) is 0 Å². The van der Waals surface area contributed by atoms with E-state index in [1.54, 1.807) is 0 Å². The fraction of sp³-hybridized carbons (Fsp3) is 0.0213. The van der Waals surface area contributed by atoms with E-state index >= 15 is 0 Å². The van der Waals surface area contributed by atoms with Gasteiger partial charge in [-0.05, 0) is 185 Å². The first-order valence-electron chi connectivity index (χ1n) is 33.9. The average Bonchev–Trinajstić information content (AvgIpc) is 1.61. The number of fused-ring (bicyclic) bond motifs is 22. The molecule has 0 saturated heterocycles. The van der Waals surface area contributed by atoms with Gasteiger partial charge in [-0.15, -0.1) is 0 Å². The molecule has 0 saturated carbocycles. The molecule has 16 aromatic rings. The number of nitrogens with zero attached hydrogens (tertiary/aromatic N) is 2. The van der Waals surface area contributed by atoms with Crippen LogP contribution in [0.3, 0.4) is 0 Å². The van der Waals surface area contributed by atoms with Crippen LogP contribution in [0.15, 0.2) is 376 Å². The molecule has 0 amide bonds. The van der Waals surface area contributed by atoms with E-state index in [4.69, 9.17) is 17.3 Å². The molecule has 99 heavy (non-hydrogen) atoms. The fourth-order valence-electron chi connectivity index (χ4n) is 16.4. The van der Waals surface area contributed by atoms with Gasteiger partial charge in [-0.3, -0.25) is 0 Å². The largest absolute Gasteiger partial charge is 0.399 e. The van der Waals surface area contributed by atoms with Crippen molar-refractivity contribution in [2.45, 2.75) is 10.8 Å². The number of nitrogen functional groups attached to an aromatic ring is 1. The molecule has 0 bridgehead atoms. The van der Waals surface area contributed by atoms with E-state index in [0.717, 1.165) is 39.1 Å². The Morgan fingerprint density at radius 1 is 0.263 bits per heavy atom. The van der Waals surface area contributed by atoms with Gasteiger partial charge in [-0.2, -0.15) is 0 Å². The Balaban J connectivity index is 0.000000124. The molecule has 0 radical (unpaired) electrons. The molecule has 2 aliphatic heterocycles. The van der Waals surface area contributed by atoms with E-state index in [9.17, 15) is 0 Å². The van der Waals surface area contributed by atoms with E-state index in [1.807, 2.05) is 48.5 Å². The number of nitrogens with two attached hydrogens (primary N) is 1. The highest BCUT2D eigenvalue weighted by molar-refractivity contribution is 6.31. The SMILES string of the molecule is Clc1ccc2c(c1)C1(c3ccccc3-c3ccccc31)c1ccc3ccccc3c1N2c1ccccc1.Nc1ccc(-c2ccccc2)cc1.c1ccc(-c2ccc(Nc3ccc4c(c3)C3(c5ccccc5-c5ccccc53)c3ccc5ccccc5c3N4c3ccccc3)cc2)cc1. The number of halogens is 1. The molecule has 20 rings (SSSR count). The average molecular weight is 1290 g/mol. The van der Waals surface area contributed by atoms with E-state index < -0.39 is 10.8 Å². The predicted octanol–water partition coefficient (Wildman–Crippen LogP) is 25.0. The molecule has 2 spiro atoms. The van der Waals surface area contributed by atoms with E-state index in [-0.39, 0.29) is 0 Å². The van der Waals surface area contributed by atoms with Crippen LogP contribution in [-0.2, 0) is 10.8 Å². The number of nitrogens with one attached hydrogen (secondary N) is 1. The third-order valence-electron chi connectivity index (χ3n) is 20.5. The lowest BCUT2D eigenvalue weighted by Crippen LogP contribution is -2.36. The molecular weight excluding hydrogens is 1220 g/mol. The summed E-state index contributed by atoms with van der Waals surface area (Å²) in [4.78, 5) is 4.92. The van der Waals surface area contributed by atoms with Crippen LogP contribution in [0, 0.1) is 0 Å². The van der Waals surface area contributed by atoms with Gasteiger partial charge in [0.2, 0.25) is 0 Å². The summed E-state index contributed by atoms with van der Waals surface area (Å²) in [5.41, 5.74) is 35.0. The highest BCUT2D eigenvalue weighted by Crippen LogP contribution is 2.67. The number of hydrogen-bond acceptors (Lipinski definition) is 4. The maximum atomic E-state index is 6.79. The third kappa shape index (κ3) is 9.58. The highest BCUT2D eigenvalue weighted by atomic mass is 35.5. The van der Waals surface area contributed by atoms with Crippen molar-refractivity contribution < 1.29 is 0 Å². The van der Waals surface area contributed by atoms with Crippen LogP contribution >= 0.6 is 11.6 Å². The molecular formula is C94H65ClN4. The van der Waals surface area contributed by atoms with E-state index in [2.05, 4.69) is 343 Å². The first-order chi connectivity index (χ1) is 48.9. The monoisotopic (exact) mass is 1280 g/mol. The minimum atomic E-state index is -0.512. The fourth-order valence-corrected chi connectivity index (χ4v) is 16.6. The molecule has 0 unspecified atom stereocenters. The highest BCUT2D eigenvalue weighted by Gasteiger charge is 2.54. The topological polar surface area (TPSA) is 44.5 Å². The summed E-state index contributed by atoms with van der Waals surface area (Å²) >= 11 is 6.79. The standard InChI is InChI=1S/C47H32N2.C35H22ClN.C12H11N/c1-3-13-32(14-4-1)33-23-26-35(27-24-33)48-36-28-30-45-44(31-36)47(41-21-11-9-19-39(41)40-20-10-12-22-42(40)47)43-29-25-34-15-7-8-18-38(34)46(43)49(45)37-16-5-2-6-17-37;36-24-19-21-33-32(22-24)35(29-16-8-6-14-27(29)28-15-7-9-17-30(28)35)31-20-18-23-10-4-5-13-26(23)34(31)37(33)25-11-2-1-3-12-25;13-12-8-6-11(7-9-12)10-4-2-1-3-5-10/h1-31,48H;1-22H;1-9H,13H2. The smallest absolute Gasteiger partial charge is 0.0755 e. The minimum Gasteiger partial charge on any atom is -0.399 e. The van der Waals surface area contributed by atoms with Gasteiger partial charge in [0.1, 0.15) is 0 Å². The summed E-state index contributed by atoms with van der Waals surface area (Å²) < 4.78 is 0. The van der Waals surface area contributed by atoms with Gasteiger partial charge in [-0.25, -0.2) is 0 Å². The lowest BCUT2D eigenvalue weighted by molar-refractivity contribution is 0.754. The van der Waals surface area contributed by atoms with Gasteiger partial charge >= 0.3 is 0 Å². The lowest BCUT2D eigenvalue weighted by Gasteiger charge is -2.45. The van der Waals surface area contributed by atoms with E-state index in [0.29, 0.717) is 0 Å². The summed E-state index contributed by atoms with van der Waals surface area (Å²) in [6.45, 7) is 0. The van der Waals surface area contributed by atoms with Crippen molar-refractivity contribution in [1.29, 1.82) is 0 Å². The summed E-state index contributed by atoms with van der Waals surface area (Å²) in [5.74, 6) is 0. The summed E-state index contributed by atoms with van der Waals surface area (Å²) in [6, 6.07) is 135. The van der Waals surface area contributed by atoms with Gasteiger partial charge in [-0.1, -0.05) is 303 Å². The molecule has 16 aromatic carbocycles. The number of hydrogen-bond donors (Lipinski definition) is 2. The second kappa shape index (κ2) is 24.3. The molecule has 0 fully saturated rings. The van der Waals surface area contributed by atoms with Gasteiger partial charge in [0.05, 0.1) is 33.6 Å². The normalized spacial score (nSPS) is 13.3. The lowest BCUT2D eigenvalue weighted by atomic mass is 9.64. The molecule has 0 atom stereocenters. The summed E-state index contributed by atoms with van der Waals surface area (Å²) in [6.07, 6.45) is 0. The van der Waals surface area contributed by atoms with Crippen LogP contribution in [0.2, 0.25) is 5.02 Å². The second-order valence-electron chi connectivity index (χ2n) is 25.8. The molecule has 4 nitrogen and oxygen atoms in total. The predicted molar refractivity (Wildman–Crippen MR) is 415 cm³/mol. The quantitative estimate of drug-likeness (QED) is 0.163. The maximum Gasteiger partial charge on any atom is 0.0755 e. The Kier molecular flexibility index (Phi) is 14.5. The summed E-state index contributed by atoms with van der Waals surface area (Å²) in [7, 11) is 0. The third-order valence-corrected chi connectivity index (χ3v) is 20.8. The summed E-state index contributed by atoms with van der Waals surface area (Å²) in [5, 5.41) is 9.48. The van der Waals surface area contributed by atoms with Gasteiger partial charge < -0.3 is 20.9 Å². The van der Waals surface area contributed by atoms with Crippen LogP contribution < -0.4 is 20.9 Å². The van der Waals surface area contributed by atoms with Crippen LogP contribution in [0.4, 0.5) is 51.2 Å². The molecule has 2 aliphatic carbocycles. The first-order valence-corrected chi connectivity index (χ1v) is 34.2. The number of anilines is 9. The Morgan fingerprint density at radius 2 is 0.606 bits per heavy atom. The van der Waals surface area contributed by atoms with Crippen molar-refractivity contribution in [3.05, 3.63) is 426 Å². The van der Waals surface area contributed by atoms with E-state index in [1.165, 1.54) is 128 Å². The van der Waals surface area contributed by atoms with Crippen molar-refractivity contribution >= 4 is 84.3 Å². The van der Waals surface area contributed by atoms with Crippen molar-refractivity contribution in [2.24, 2.45) is 0 Å². The van der Waals surface area contributed by atoms with Crippen molar-refractivity contribution in [3.8, 4) is 44.5 Å². The zero-order valence-corrected chi connectivity index (χ0v) is 54.9. The van der Waals surface area contributed by atoms with Crippen LogP contribution in [-0.4, -0.2) is 0 Å². The Bertz CT molecular complexity index is 5650. The van der Waals surface area contributed by atoms with Gasteiger partial charge in [0.25, 0.3) is 0 Å². The second-order valence-corrected chi connectivity index (χ2v) is 26.3.